The Balaban J connectivity index is 1.29. The Labute approximate surface area is 410 Å². The number of ether oxygens (including phenoxy) is 1. The van der Waals surface area contributed by atoms with E-state index in [-0.39, 0.29) is 37.1 Å². The molecule has 0 aromatic heterocycles. The van der Waals surface area contributed by atoms with Crippen LogP contribution in [0, 0.1) is 34.6 Å². The van der Waals surface area contributed by atoms with Crippen molar-refractivity contribution in [2.45, 2.75) is 65.7 Å². The maximum atomic E-state index is 13.0. The number of aryl methyl sites for hydroxylation is 5. The first-order chi connectivity index (χ1) is 33.2. The smallest absolute Gasteiger partial charge is 0.240 e. The van der Waals surface area contributed by atoms with E-state index in [2.05, 4.69) is 152 Å². The summed E-state index contributed by atoms with van der Waals surface area (Å²) in [5, 5.41) is 15.4. The number of rotatable bonds is 21. The first kappa shape index (κ1) is 50.7. The second-order valence-corrected chi connectivity index (χ2v) is 20.2. The average Bonchev–Trinajstić information content (AvgIpc) is 3.33. The number of hydrogen-bond acceptors (Lipinski definition) is 9. The van der Waals surface area contributed by atoms with E-state index in [9.17, 15) is 21.9 Å². The second kappa shape index (κ2) is 22.5. The molecule has 1 unspecified atom stereocenters. The van der Waals surface area contributed by atoms with Crippen LogP contribution in [0.2, 0.25) is 0 Å². The quantitative estimate of drug-likeness (QED) is 0.0316. The highest BCUT2D eigenvalue weighted by molar-refractivity contribution is 7.89. The van der Waals surface area contributed by atoms with Gasteiger partial charge >= 0.3 is 0 Å². The van der Waals surface area contributed by atoms with Crippen molar-refractivity contribution in [2.24, 2.45) is 0 Å². The number of nitrogens with zero attached hydrogens (tertiary/aromatic N) is 3. The SMILES string of the molecule is CCN(c1ccc(C(c2ccc(N(CC)c3ccc(S(=O)(=O)NCCOC)cc3C)cc2)c2ccc(Nc3c(C)cc(C)cc3C)c3ccccc23)cc1)c1ccc(N(CCCO)[SH](=O)=O)cc1C. The number of methoxy groups -OCH3 is 1. The molecule has 7 aromatic carbocycles. The van der Waals surface area contributed by atoms with E-state index >= 15 is 0 Å². The molecule has 0 heterocycles. The van der Waals surface area contributed by atoms with Crippen molar-refractivity contribution >= 4 is 71.5 Å². The lowest BCUT2D eigenvalue weighted by Crippen LogP contribution is -2.27. The highest BCUT2D eigenvalue weighted by atomic mass is 32.2. The van der Waals surface area contributed by atoms with Crippen LogP contribution in [-0.4, -0.2) is 68.4 Å². The first-order valence-electron chi connectivity index (χ1n) is 23.5. The minimum atomic E-state index is -3.69. The van der Waals surface area contributed by atoms with Crippen LogP contribution in [0.4, 0.5) is 39.8 Å². The number of fused-ring (bicyclic) bond motifs is 1. The van der Waals surface area contributed by atoms with Gasteiger partial charge in [0.1, 0.15) is 0 Å². The zero-order valence-corrected chi connectivity index (χ0v) is 42.6. The summed E-state index contributed by atoms with van der Waals surface area (Å²) in [7, 11) is -5.02. The Hall–Kier alpha value is -6.22. The lowest BCUT2D eigenvalue weighted by molar-refractivity contribution is 0.204. The van der Waals surface area contributed by atoms with E-state index in [1.807, 2.05) is 38.1 Å². The van der Waals surface area contributed by atoms with Gasteiger partial charge in [0.15, 0.2) is 0 Å². The summed E-state index contributed by atoms with van der Waals surface area (Å²) < 4.78 is 59.4. The fourth-order valence-electron chi connectivity index (χ4n) is 9.51. The summed E-state index contributed by atoms with van der Waals surface area (Å²) in [4.78, 5) is 4.64. The van der Waals surface area contributed by atoms with Gasteiger partial charge in [-0.05, 0) is 166 Å². The molecule has 69 heavy (non-hydrogen) atoms. The highest BCUT2D eigenvalue weighted by Crippen LogP contribution is 2.42. The topological polar surface area (TPSA) is 132 Å². The lowest BCUT2D eigenvalue weighted by atomic mass is 9.82. The van der Waals surface area contributed by atoms with Gasteiger partial charge in [-0.15, -0.1) is 0 Å². The van der Waals surface area contributed by atoms with Crippen LogP contribution in [0.3, 0.4) is 0 Å². The molecule has 362 valence electrons. The third-order valence-corrected chi connectivity index (χ3v) is 15.1. The van der Waals surface area contributed by atoms with E-state index in [0.29, 0.717) is 25.2 Å². The fraction of sp³-hybridized carbons (Fsp3) is 0.286. The molecular weight excluding hydrogens is 903 g/mol. The number of hydrogen-bond donors (Lipinski definition) is 4. The molecule has 3 N–H and O–H groups in total. The lowest BCUT2D eigenvalue weighted by Gasteiger charge is -2.28. The summed E-state index contributed by atoms with van der Waals surface area (Å²) in [6.45, 7) is 16.5. The number of aliphatic hydroxyl groups is 1. The molecule has 0 saturated heterocycles. The molecule has 0 aliphatic rings. The predicted octanol–water partition coefficient (Wildman–Crippen LogP) is 11.3. The first-order valence-corrected chi connectivity index (χ1v) is 26.1. The van der Waals surface area contributed by atoms with Crippen LogP contribution in [0.1, 0.15) is 70.7 Å². The van der Waals surface area contributed by atoms with Gasteiger partial charge in [0.05, 0.1) is 17.2 Å². The summed E-state index contributed by atoms with van der Waals surface area (Å²) in [5.74, 6) is -0.156. The van der Waals surface area contributed by atoms with Gasteiger partial charge < -0.3 is 25.0 Å². The number of thiol groups is 1. The molecule has 0 radical (unpaired) electrons. The van der Waals surface area contributed by atoms with Gasteiger partial charge in [0.2, 0.25) is 20.9 Å². The number of benzene rings is 7. The molecule has 1 atom stereocenters. The Kier molecular flexibility index (Phi) is 16.5. The van der Waals surface area contributed by atoms with E-state index < -0.39 is 20.9 Å². The van der Waals surface area contributed by atoms with Gasteiger partial charge in [-0.25, -0.2) is 21.6 Å². The van der Waals surface area contributed by atoms with Crippen molar-refractivity contribution in [1.29, 1.82) is 0 Å². The normalized spacial score (nSPS) is 12.1. The molecule has 0 aliphatic heterocycles. The summed E-state index contributed by atoms with van der Waals surface area (Å²) >= 11 is 0. The van der Waals surface area contributed by atoms with Crippen LogP contribution in [-0.2, 0) is 25.7 Å². The number of anilines is 7. The largest absolute Gasteiger partial charge is 0.396 e. The van der Waals surface area contributed by atoms with Crippen molar-refractivity contribution < 1.29 is 26.7 Å². The Morgan fingerprint density at radius 2 is 1.20 bits per heavy atom. The number of nitrogens with one attached hydrogen (secondary N) is 2. The maximum Gasteiger partial charge on any atom is 0.240 e. The Morgan fingerprint density at radius 3 is 1.72 bits per heavy atom. The van der Waals surface area contributed by atoms with Crippen molar-refractivity contribution in [1.82, 2.24) is 4.72 Å². The van der Waals surface area contributed by atoms with Gasteiger partial charge in [0.25, 0.3) is 0 Å². The molecule has 0 aliphatic carbocycles. The van der Waals surface area contributed by atoms with Crippen molar-refractivity contribution in [2.75, 3.05) is 65.9 Å². The summed E-state index contributed by atoms with van der Waals surface area (Å²) in [5.41, 5.74) is 15.4. The zero-order valence-electron chi connectivity index (χ0n) is 40.9. The maximum absolute atomic E-state index is 13.0. The van der Waals surface area contributed by atoms with Crippen LogP contribution in [0.15, 0.2) is 138 Å². The minimum absolute atomic E-state index is 0.0900. The van der Waals surface area contributed by atoms with E-state index in [0.717, 1.165) is 72.7 Å². The van der Waals surface area contributed by atoms with Gasteiger partial charge in [-0.1, -0.05) is 72.3 Å². The molecule has 7 aromatic rings. The molecule has 13 heteroatoms. The Morgan fingerprint density at radius 1 is 0.652 bits per heavy atom. The molecule has 0 amide bonds. The van der Waals surface area contributed by atoms with Crippen LogP contribution < -0.4 is 24.1 Å². The third kappa shape index (κ3) is 11.3. The van der Waals surface area contributed by atoms with Gasteiger partial charge in [-0.3, -0.25) is 4.31 Å². The van der Waals surface area contributed by atoms with Crippen LogP contribution in [0.5, 0.6) is 0 Å². The molecular formula is C56H65N5O6S2. The van der Waals surface area contributed by atoms with E-state index in [4.69, 9.17) is 4.74 Å². The summed E-state index contributed by atoms with van der Waals surface area (Å²) in [6.07, 6.45) is 0.350. The van der Waals surface area contributed by atoms with Crippen molar-refractivity contribution in [3.05, 3.63) is 178 Å². The highest BCUT2D eigenvalue weighted by Gasteiger charge is 2.24. The Bertz CT molecular complexity index is 3070. The minimum Gasteiger partial charge on any atom is -0.396 e. The molecule has 7 rings (SSSR count). The van der Waals surface area contributed by atoms with Gasteiger partial charge in [-0.2, -0.15) is 0 Å². The molecule has 0 fully saturated rings. The zero-order chi connectivity index (χ0) is 49.4. The molecule has 0 bridgehead atoms. The predicted molar refractivity (Wildman–Crippen MR) is 286 cm³/mol. The standard InChI is InChI=1S/C56H65N5O6S2/c1-9-59(53-28-24-47(36-39(53)4)61(68(63)64)31-13-32-62)45-20-16-43(17-21-45)55(51-26-27-52(50-15-12-11-14-49(50)51)58-56-41(6)34-38(3)35-42(56)7)44-18-22-46(23-19-44)60(10-2)54-29-25-48(37-40(54)5)69(65,66)57-30-33-67-8/h11-12,14-29,34-37,55,57-58,62,68H,9-10,13,30-33H2,1-8H3. The third-order valence-electron chi connectivity index (χ3n) is 12.8. The van der Waals surface area contributed by atoms with E-state index in [1.54, 1.807) is 12.1 Å². The second-order valence-electron chi connectivity index (χ2n) is 17.5. The average molecular weight is 968 g/mol. The molecule has 0 saturated carbocycles. The monoisotopic (exact) mass is 967 g/mol. The number of aliphatic hydroxyl groups excluding tert-OH is 1. The molecule has 0 spiro atoms. The van der Waals surface area contributed by atoms with Crippen LogP contribution >= 0.6 is 0 Å². The fourth-order valence-corrected chi connectivity index (χ4v) is 11.2. The van der Waals surface area contributed by atoms with Gasteiger partial charge in [0, 0.05) is 85.3 Å². The van der Waals surface area contributed by atoms with Crippen molar-refractivity contribution in [3.8, 4) is 0 Å². The molecule has 11 nitrogen and oxygen atoms in total. The summed E-state index contributed by atoms with van der Waals surface area (Å²) in [6, 6.07) is 45.8. The van der Waals surface area contributed by atoms with Crippen LogP contribution in [0.25, 0.3) is 10.8 Å². The van der Waals surface area contributed by atoms with Crippen molar-refractivity contribution in [3.63, 3.8) is 0 Å². The van der Waals surface area contributed by atoms with E-state index in [1.165, 1.54) is 28.1 Å². The number of sulfonamides is 1.